The number of carbonyl (C=O) groups is 1. The van der Waals surface area contributed by atoms with E-state index in [2.05, 4.69) is 24.4 Å². The molecule has 1 N–H and O–H groups in total. The summed E-state index contributed by atoms with van der Waals surface area (Å²) in [5.41, 5.74) is 5.30. The van der Waals surface area contributed by atoms with Gasteiger partial charge in [0.25, 0.3) is 5.91 Å². The van der Waals surface area contributed by atoms with E-state index < -0.39 is 0 Å². The summed E-state index contributed by atoms with van der Waals surface area (Å²) < 4.78 is 0. The van der Waals surface area contributed by atoms with Crippen LogP contribution in [0.5, 0.6) is 0 Å². The van der Waals surface area contributed by atoms with Gasteiger partial charge in [0.2, 0.25) is 0 Å². The van der Waals surface area contributed by atoms with E-state index >= 15 is 0 Å². The smallest absolute Gasteiger partial charge is 0.256 e. The Bertz CT molecular complexity index is 1160. The van der Waals surface area contributed by atoms with E-state index in [1.165, 1.54) is 4.88 Å². The maximum absolute atomic E-state index is 13.1. The van der Waals surface area contributed by atoms with Crippen molar-refractivity contribution in [1.82, 2.24) is 4.98 Å². The number of aromatic nitrogens is 1. The van der Waals surface area contributed by atoms with E-state index in [1.54, 1.807) is 11.3 Å². The minimum absolute atomic E-state index is 0.114. The number of benzene rings is 2. The number of aryl methyl sites for hydroxylation is 3. The first-order chi connectivity index (χ1) is 13.0. The third-order valence-electron chi connectivity index (χ3n) is 4.59. The first-order valence-corrected chi connectivity index (χ1v) is 9.68. The van der Waals surface area contributed by atoms with Crippen molar-refractivity contribution in [2.75, 3.05) is 5.32 Å². The van der Waals surface area contributed by atoms with E-state index in [9.17, 15) is 4.79 Å². The molecule has 27 heavy (non-hydrogen) atoms. The van der Waals surface area contributed by atoms with Gasteiger partial charge >= 0.3 is 0 Å². The summed E-state index contributed by atoms with van der Waals surface area (Å²) in [4.78, 5) is 20.2. The van der Waals surface area contributed by atoms with Crippen LogP contribution in [0.25, 0.3) is 21.5 Å². The number of nitrogens with one attached hydrogen (secondary N) is 1. The first-order valence-electron chi connectivity index (χ1n) is 8.86. The van der Waals surface area contributed by atoms with Gasteiger partial charge < -0.3 is 5.32 Å². The fraction of sp³-hybridized carbons (Fsp3) is 0.130. The number of hydrogen-bond donors (Lipinski definition) is 1. The second-order valence-corrected chi connectivity index (χ2v) is 8.04. The predicted octanol–water partition coefficient (Wildman–Crippen LogP) is 6.14. The molecule has 3 nitrogen and oxygen atoms in total. The fourth-order valence-corrected chi connectivity index (χ4v) is 3.95. The zero-order valence-electron chi connectivity index (χ0n) is 15.5. The van der Waals surface area contributed by atoms with Gasteiger partial charge in [0, 0.05) is 16.0 Å². The summed E-state index contributed by atoms with van der Waals surface area (Å²) in [5, 5.41) is 3.94. The summed E-state index contributed by atoms with van der Waals surface area (Å²) in [6.07, 6.45) is 0. The monoisotopic (exact) mass is 372 g/mol. The van der Waals surface area contributed by atoms with Crippen LogP contribution in [0.15, 0.2) is 60.7 Å². The van der Waals surface area contributed by atoms with Gasteiger partial charge in [-0.2, -0.15) is 0 Å². The Morgan fingerprint density at radius 2 is 1.78 bits per heavy atom. The lowest BCUT2D eigenvalue weighted by atomic mass is 10.1. The number of nitrogens with zero attached hydrogens (tertiary/aromatic N) is 1. The maximum atomic E-state index is 13.1. The second kappa shape index (κ2) is 6.97. The largest absolute Gasteiger partial charge is 0.322 e. The van der Waals surface area contributed by atoms with Crippen LogP contribution in [0.4, 0.5) is 5.69 Å². The van der Waals surface area contributed by atoms with Gasteiger partial charge in [0.15, 0.2) is 0 Å². The number of rotatable bonds is 3. The lowest BCUT2D eigenvalue weighted by Gasteiger charge is -2.12. The van der Waals surface area contributed by atoms with Gasteiger partial charge in [-0.25, -0.2) is 4.98 Å². The number of anilines is 1. The molecule has 4 heteroatoms. The zero-order chi connectivity index (χ0) is 19.0. The predicted molar refractivity (Wildman–Crippen MR) is 114 cm³/mol. The molecule has 0 fully saturated rings. The van der Waals surface area contributed by atoms with Gasteiger partial charge in [-0.05, 0) is 62.2 Å². The molecule has 0 unspecified atom stereocenters. The second-order valence-electron chi connectivity index (χ2n) is 6.76. The van der Waals surface area contributed by atoms with Crippen molar-refractivity contribution in [2.24, 2.45) is 0 Å². The normalized spacial score (nSPS) is 10.9. The van der Waals surface area contributed by atoms with E-state index in [-0.39, 0.29) is 5.91 Å². The number of hydrogen-bond acceptors (Lipinski definition) is 3. The van der Waals surface area contributed by atoms with Crippen molar-refractivity contribution in [3.8, 4) is 10.6 Å². The Balaban J connectivity index is 1.82. The molecule has 0 bridgehead atoms. The van der Waals surface area contributed by atoms with Crippen LogP contribution in [0.3, 0.4) is 0 Å². The molecule has 0 atom stereocenters. The Morgan fingerprint density at radius 1 is 0.963 bits per heavy atom. The minimum Gasteiger partial charge on any atom is -0.322 e. The summed E-state index contributed by atoms with van der Waals surface area (Å²) >= 11 is 1.68. The molecule has 0 saturated heterocycles. The van der Waals surface area contributed by atoms with Gasteiger partial charge in [0.05, 0.1) is 21.7 Å². The van der Waals surface area contributed by atoms with Gasteiger partial charge in [0.1, 0.15) is 0 Å². The van der Waals surface area contributed by atoms with Crippen molar-refractivity contribution in [2.45, 2.75) is 20.8 Å². The molecule has 0 aliphatic carbocycles. The molecule has 0 spiro atoms. The van der Waals surface area contributed by atoms with E-state index in [0.29, 0.717) is 5.56 Å². The molecule has 4 aromatic rings. The number of carbonyl (C=O) groups excluding carboxylic acids is 1. The highest BCUT2D eigenvalue weighted by Gasteiger charge is 2.15. The van der Waals surface area contributed by atoms with Crippen molar-refractivity contribution in [3.63, 3.8) is 0 Å². The molecular weight excluding hydrogens is 352 g/mol. The molecule has 4 rings (SSSR count). The molecule has 0 aliphatic heterocycles. The highest BCUT2D eigenvalue weighted by molar-refractivity contribution is 7.15. The third kappa shape index (κ3) is 3.49. The molecule has 1 amide bonds. The van der Waals surface area contributed by atoms with Gasteiger partial charge in [-0.15, -0.1) is 11.3 Å². The van der Waals surface area contributed by atoms with Crippen LogP contribution in [0.1, 0.15) is 26.4 Å². The standard InChI is InChI=1S/C23H20N2OS/c1-14-8-9-15(2)20(12-14)25-23(26)18-13-21(22-11-10-16(3)27-22)24-19-7-5-4-6-17(18)19/h4-13H,1-3H3,(H,25,26). The number of para-hydroxylation sites is 1. The highest BCUT2D eigenvalue weighted by Crippen LogP contribution is 2.30. The van der Waals surface area contributed by atoms with Crippen LogP contribution in [0, 0.1) is 20.8 Å². The average molecular weight is 372 g/mol. The number of amides is 1. The summed E-state index contributed by atoms with van der Waals surface area (Å²) in [5.74, 6) is -0.114. The van der Waals surface area contributed by atoms with Gasteiger partial charge in [-0.3, -0.25) is 4.79 Å². The first kappa shape index (κ1) is 17.4. The van der Waals surface area contributed by atoms with Crippen molar-refractivity contribution < 1.29 is 4.79 Å². The van der Waals surface area contributed by atoms with Crippen LogP contribution < -0.4 is 5.32 Å². The van der Waals surface area contributed by atoms with Crippen LogP contribution >= 0.6 is 11.3 Å². The molecule has 2 aromatic carbocycles. The van der Waals surface area contributed by atoms with Crippen molar-refractivity contribution in [1.29, 1.82) is 0 Å². The quantitative estimate of drug-likeness (QED) is 0.469. The Hall–Kier alpha value is -2.98. The minimum atomic E-state index is -0.114. The summed E-state index contributed by atoms with van der Waals surface area (Å²) in [7, 11) is 0. The summed E-state index contributed by atoms with van der Waals surface area (Å²) in [6.45, 7) is 6.09. The van der Waals surface area contributed by atoms with E-state index in [4.69, 9.17) is 4.98 Å². The Kier molecular flexibility index (Phi) is 4.50. The SMILES string of the molecule is Cc1ccc(C)c(NC(=O)c2cc(-c3ccc(C)s3)nc3ccccc23)c1. The van der Waals surface area contributed by atoms with Crippen LogP contribution in [0.2, 0.25) is 0 Å². The lowest BCUT2D eigenvalue weighted by Crippen LogP contribution is -2.14. The fourth-order valence-electron chi connectivity index (χ4n) is 3.12. The van der Waals surface area contributed by atoms with E-state index in [1.807, 2.05) is 62.4 Å². The molecule has 2 aromatic heterocycles. The molecule has 2 heterocycles. The van der Waals surface area contributed by atoms with Gasteiger partial charge in [-0.1, -0.05) is 30.3 Å². The number of pyridine rings is 1. The van der Waals surface area contributed by atoms with Crippen molar-refractivity contribution >= 4 is 33.8 Å². The molecule has 134 valence electrons. The van der Waals surface area contributed by atoms with E-state index in [0.717, 1.165) is 38.3 Å². The molecule has 0 saturated carbocycles. The average Bonchev–Trinajstić information content (AvgIpc) is 3.10. The third-order valence-corrected chi connectivity index (χ3v) is 5.62. The Labute approximate surface area is 162 Å². The highest BCUT2D eigenvalue weighted by atomic mass is 32.1. The lowest BCUT2D eigenvalue weighted by molar-refractivity contribution is 0.102. The van der Waals surface area contributed by atoms with Crippen LogP contribution in [-0.4, -0.2) is 10.9 Å². The summed E-state index contributed by atoms with van der Waals surface area (Å²) in [6, 6.07) is 19.9. The molecule has 0 radical (unpaired) electrons. The number of thiophene rings is 1. The molecule has 0 aliphatic rings. The molecular formula is C23H20N2OS. The Morgan fingerprint density at radius 3 is 2.56 bits per heavy atom. The van der Waals surface area contributed by atoms with Crippen LogP contribution in [-0.2, 0) is 0 Å². The van der Waals surface area contributed by atoms with Crippen molar-refractivity contribution in [3.05, 3.63) is 82.2 Å². The zero-order valence-corrected chi connectivity index (χ0v) is 16.4. The maximum Gasteiger partial charge on any atom is 0.256 e. The number of fused-ring (bicyclic) bond motifs is 1. The topological polar surface area (TPSA) is 42.0 Å².